The monoisotopic (exact) mass is 192 g/mol. The van der Waals surface area contributed by atoms with Crippen molar-refractivity contribution in [3.05, 3.63) is 35.9 Å². The zero-order valence-electron chi connectivity index (χ0n) is 8.87. The van der Waals surface area contributed by atoms with Gasteiger partial charge in [0, 0.05) is 19.1 Å². The molecule has 3 N–H and O–H groups in total. The summed E-state index contributed by atoms with van der Waals surface area (Å²) in [5.41, 5.74) is 6.98. The molecule has 0 amide bonds. The third-order valence-electron chi connectivity index (χ3n) is 2.36. The second-order valence-electron chi connectivity index (χ2n) is 3.59. The molecule has 1 unspecified atom stereocenters. The van der Waals surface area contributed by atoms with Gasteiger partial charge in [0.15, 0.2) is 0 Å². The summed E-state index contributed by atoms with van der Waals surface area (Å²) in [6, 6.07) is 10.9. The SMILES string of the molecule is CCCC(CN)NCc1ccccc1. The standard InChI is InChI=1S/C12H20N2/c1-2-6-12(9-13)14-10-11-7-4-3-5-8-11/h3-5,7-8,12,14H,2,6,9-10,13H2,1H3. The molecule has 0 fully saturated rings. The molecular weight excluding hydrogens is 172 g/mol. The van der Waals surface area contributed by atoms with E-state index in [0.29, 0.717) is 6.04 Å². The maximum Gasteiger partial charge on any atom is 0.0208 e. The van der Waals surface area contributed by atoms with Crippen molar-refractivity contribution >= 4 is 0 Å². The van der Waals surface area contributed by atoms with Crippen LogP contribution in [0, 0.1) is 0 Å². The Labute approximate surface area is 86.5 Å². The summed E-state index contributed by atoms with van der Waals surface area (Å²) in [5, 5.41) is 3.46. The second-order valence-corrected chi connectivity index (χ2v) is 3.59. The van der Waals surface area contributed by atoms with Crippen molar-refractivity contribution in [2.45, 2.75) is 32.4 Å². The fourth-order valence-electron chi connectivity index (χ4n) is 1.51. The molecular formula is C12H20N2. The van der Waals surface area contributed by atoms with Crippen LogP contribution >= 0.6 is 0 Å². The minimum atomic E-state index is 0.459. The Bertz CT molecular complexity index is 233. The van der Waals surface area contributed by atoms with Gasteiger partial charge in [-0.05, 0) is 12.0 Å². The van der Waals surface area contributed by atoms with Crippen LogP contribution < -0.4 is 11.1 Å². The molecule has 0 heterocycles. The Kier molecular flexibility index (Phi) is 5.27. The van der Waals surface area contributed by atoms with Crippen molar-refractivity contribution < 1.29 is 0 Å². The fourth-order valence-corrected chi connectivity index (χ4v) is 1.51. The molecule has 1 aromatic rings. The molecule has 78 valence electrons. The van der Waals surface area contributed by atoms with Gasteiger partial charge in [-0.15, -0.1) is 0 Å². The zero-order chi connectivity index (χ0) is 10.2. The third kappa shape index (κ3) is 3.90. The Morgan fingerprint density at radius 3 is 2.57 bits per heavy atom. The van der Waals surface area contributed by atoms with Crippen molar-refractivity contribution in [1.29, 1.82) is 0 Å². The molecule has 0 aliphatic rings. The van der Waals surface area contributed by atoms with Crippen molar-refractivity contribution in [2.24, 2.45) is 5.73 Å². The van der Waals surface area contributed by atoms with E-state index >= 15 is 0 Å². The molecule has 2 nitrogen and oxygen atoms in total. The summed E-state index contributed by atoms with van der Waals surface area (Å²) in [7, 11) is 0. The second kappa shape index (κ2) is 6.57. The van der Waals surface area contributed by atoms with Crippen molar-refractivity contribution in [3.63, 3.8) is 0 Å². The lowest BCUT2D eigenvalue weighted by Gasteiger charge is -2.15. The first-order valence-electron chi connectivity index (χ1n) is 5.34. The van der Waals surface area contributed by atoms with E-state index in [4.69, 9.17) is 5.73 Å². The molecule has 14 heavy (non-hydrogen) atoms. The van der Waals surface area contributed by atoms with Gasteiger partial charge in [0.1, 0.15) is 0 Å². The molecule has 0 aromatic heterocycles. The molecule has 1 aromatic carbocycles. The van der Waals surface area contributed by atoms with Crippen LogP contribution in [0.15, 0.2) is 30.3 Å². The van der Waals surface area contributed by atoms with Gasteiger partial charge >= 0.3 is 0 Å². The van der Waals surface area contributed by atoms with Crippen LogP contribution in [0.3, 0.4) is 0 Å². The van der Waals surface area contributed by atoms with Crippen LogP contribution in [0.5, 0.6) is 0 Å². The van der Waals surface area contributed by atoms with Crippen LogP contribution in [0.2, 0.25) is 0 Å². The molecule has 0 saturated heterocycles. The molecule has 0 bridgehead atoms. The van der Waals surface area contributed by atoms with Gasteiger partial charge in [0.25, 0.3) is 0 Å². The maximum absolute atomic E-state index is 5.66. The topological polar surface area (TPSA) is 38.0 Å². The average molecular weight is 192 g/mol. The minimum Gasteiger partial charge on any atom is -0.329 e. The van der Waals surface area contributed by atoms with E-state index in [1.54, 1.807) is 0 Å². The third-order valence-corrected chi connectivity index (χ3v) is 2.36. The van der Waals surface area contributed by atoms with E-state index in [0.717, 1.165) is 19.5 Å². The number of benzene rings is 1. The van der Waals surface area contributed by atoms with E-state index < -0.39 is 0 Å². The van der Waals surface area contributed by atoms with E-state index in [9.17, 15) is 0 Å². The van der Waals surface area contributed by atoms with Crippen molar-refractivity contribution in [1.82, 2.24) is 5.32 Å². The van der Waals surface area contributed by atoms with Gasteiger partial charge in [0.05, 0.1) is 0 Å². The molecule has 0 spiro atoms. The Hall–Kier alpha value is -0.860. The normalized spacial score (nSPS) is 12.7. The molecule has 1 atom stereocenters. The Morgan fingerprint density at radius 2 is 2.00 bits per heavy atom. The number of hydrogen-bond acceptors (Lipinski definition) is 2. The molecule has 0 radical (unpaired) electrons. The summed E-state index contributed by atoms with van der Waals surface area (Å²) >= 11 is 0. The van der Waals surface area contributed by atoms with Gasteiger partial charge in [-0.2, -0.15) is 0 Å². The fraction of sp³-hybridized carbons (Fsp3) is 0.500. The van der Waals surface area contributed by atoms with Crippen LogP contribution in [-0.2, 0) is 6.54 Å². The van der Waals surface area contributed by atoms with E-state index in [-0.39, 0.29) is 0 Å². The highest BCUT2D eigenvalue weighted by Gasteiger charge is 2.03. The summed E-state index contributed by atoms with van der Waals surface area (Å²) < 4.78 is 0. The summed E-state index contributed by atoms with van der Waals surface area (Å²) in [4.78, 5) is 0. The molecule has 1 rings (SSSR count). The number of rotatable bonds is 6. The largest absolute Gasteiger partial charge is 0.329 e. The number of hydrogen-bond donors (Lipinski definition) is 2. The quantitative estimate of drug-likeness (QED) is 0.722. The summed E-state index contributed by atoms with van der Waals surface area (Å²) in [5.74, 6) is 0. The first-order chi connectivity index (χ1) is 6.86. The van der Waals surface area contributed by atoms with E-state index in [1.165, 1.54) is 12.0 Å². The predicted octanol–water partition coefficient (Wildman–Crippen LogP) is 1.90. The lowest BCUT2D eigenvalue weighted by atomic mass is 10.1. The zero-order valence-corrected chi connectivity index (χ0v) is 8.87. The first-order valence-corrected chi connectivity index (χ1v) is 5.34. The van der Waals surface area contributed by atoms with Gasteiger partial charge in [-0.25, -0.2) is 0 Å². The lowest BCUT2D eigenvalue weighted by molar-refractivity contribution is 0.482. The van der Waals surface area contributed by atoms with Gasteiger partial charge in [-0.1, -0.05) is 43.7 Å². The molecule has 0 saturated carbocycles. The highest BCUT2D eigenvalue weighted by molar-refractivity contribution is 5.14. The first kappa shape index (κ1) is 11.2. The summed E-state index contributed by atoms with van der Waals surface area (Å²) in [6.07, 6.45) is 2.34. The van der Waals surface area contributed by atoms with Gasteiger partial charge < -0.3 is 11.1 Å². The predicted molar refractivity (Wildman–Crippen MR) is 61.0 cm³/mol. The van der Waals surface area contributed by atoms with Crippen molar-refractivity contribution in [2.75, 3.05) is 6.54 Å². The van der Waals surface area contributed by atoms with Crippen LogP contribution in [-0.4, -0.2) is 12.6 Å². The molecule has 0 aliphatic heterocycles. The number of nitrogens with one attached hydrogen (secondary N) is 1. The molecule has 0 aliphatic carbocycles. The maximum atomic E-state index is 5.66. The van der Waals surface area contributed by atoms with Crippen LogP contribution in [0.1, 0.15) is 25.3 Å². The minimum absolute atomic E-state index is 0.459. The Balaban J connectivity index is 2.32. The Morgan fingerprint density at radius 1 is 1.29 bits per heavy atom. The van der Waals surface area contributed by atoms with E-state index in [1.807, 2.05) is 6.07 Å². The van der Waals surface area contributed by atoms with Crippen LogP contribution in [0.25, 0.3) is 0 Å². The van der Waals surface area contributed by atoms with E-state index in [2.05, 4.69) is 36.5 Å². The van der Waals surface area contributed by atoms with Gasteiger partial charge in [-0.3, -0.25) is 0 Å². The highest BCUT2D eigenvalue weighted by Crippen LogP contribution is 2.00. The summed E-state index contributed by atoms with van der Waals surface area (Å²) in [6.45, 7) is 3.83. The lowest BCUT2D eigenvalue weighted by Crippen LogP contribution is -2.35. The highest BCUT2D eigenvalue weighted by atomic mass is 14.9. The van der Waals surface area contributed by atoms with Gasteiger partial charge in [0.2, 0.25) is 0 Å². The molecule has 2 heteroatoms. The number of nitrogens with two attached hydrogens (primary N) is 1. The average Bonchev–Trinajstić information content (AvgIpc) is 2.25. The smallest absolute Gasteiger partial charge is 0.0208 e. The van der Waals surface area contributed by atoms with Crippen molar-refractivity contribution in [3.8, 4) is 0 Å². The van der Waals surface area contributed by atoms with Crippen LogP contribution in [0.4, 0.5) is 0 Å².